The van der Waals surface area contributed by atoms with E-state index in [0.29, 0.717) is 11.0 Å². The maximum atomic E-state index is 10.4. The second kappa shape index (κ2) is 4.66. The van der Waals surface area contributed by atoms with Crippen LogP contribution >= 0.6 is 11.8 Å². The first-order chi connectivity index (χ1) is 6.88. The van der Waals surface area contributed by atoms with E-state index in [1.54, 1.807) is 17.8 Å². The van der Waals surface area contributed by atoms with Crippen LogP contribution in [0.15, 0.2) is 21.6 Å². The van der Waals surface area contributed by atoms with E-state index in [9.17, 15) is 4.79 Å². The lowest BCUT2D eigenvalue weighted by molar-refractivity contribution is 0.0998. The predicted octanol–water partition coefficient (Wildman–Crippen LogP) is 2.36. The molecule has 0 saturated carbocycles. The first-order valence-electron chi connectivity index (χ1n) is 4.68. The Labute approximate surface area is 86.8 Å². The highest BCUT2D eigenvalue weighted by atomic mass is 32.2. The Morgan fingerprint density at radius 1 is 1.36 bits per heavy atom. The number of furan rings is 1. The van der Waals surface area contributed by atoms with Gasteiger partial charge in [-0.1, -0.05) is 11.8 Å². The number of hydrogen-bond donors (Lipinski definition) is 0. The Hall–Kier alpha value is -0.740. The predicted molar refractivity (Wildman–Crippen MR) is 53.8 cm³/mol. The lowest BCUT2D eigenvalue weighted by Gasteiger charge is -2.19. The van der Waals surface area contributed by atoms with E-state index in [1.807, 2.05) is 6.07 Å². The Bertz CT molecular complexity index is 302. The molecule has 2 rings (SSSR count). The maximum absolute atomic E-state index is 10.4. The molecule has 0 unspecified atom stereocenters. The molecule has 1 aromatic rings. The molecule has 1 aromatic heterocycles. The molecule has 0 bridgehead atoms. The highest BCUT2D eigenvalue weighted by Gasteiger charge is 2.16. The van der Waals surface area contributed by atoms with Gasteiger partial charge in [-0.05, 0) is 25.0 Å². The molecule has 14 heavy (non-hydrogen) atoms. The summed E-state index contributed by atoms with van der Waals surface area (Å²) in [5.74, 6) is 0.402. The molecule has 0 spiro atoms. The smallest absolute Gasteiger partial charge is 0.185 e. The van der Waals surface area contributed by atoms with Gasteiger partial charge in [0.25, 0.3) is 0 Å². The van der Waals surface area contributed by atoms with Crippen molar-refractivity contribution < 1.29 is 13.9 Å². The lowest BCUT2D eigenvalue weighted by Crippen LogP contribution is -2.17. The summed E-state index contributed by atoms with van der Waals surface area (Å²) in [7, 11) is 0. The van der Waals surface area contributed by atoms with Crippen molar-refractivity contribution in [3.8, 4) is 0 Å². The van der Waals surface area contributed by atoms with E-state index >= 15 is 0 Å². The summed E-state index contributed by atoms with van der Waals surface area (Å²) >= 11 is 1.70. The van der Waals surface area contributed by atoms with Gasteiger partial charge in [-0.2, -0.15) is 0 Å². The van der Waals surface area contributed by atoms with Crippen LogP contribution in [-0.2, 0) is 4.74 Å². The van der Waals surface area contributed by atoms with Gasteiger partial charge in [0, 0.05) is 18.5 Å². The number of ether oxygens (including phenoxy) is 1. The summed E-state index contributed by atoms with van der Waals surface area (Å²) in [6, 6.07) is 3.55. The standard InChI is InChI=1S/C10H12O3S/c11-7-8-1-2-10(13-8)14-9-3-5-12-6-4-9/h1-2,7,9H,3-6H2. The SMILES string of the molecule is O=Cc1ccc(SC2CCOCC2)o1. The average molecular weight is 212 g/mol. The van der Waals surface area contributed by atoms with Crippen molar-refractivity contribution in [2.75, 3.05) is 13.2 Å². The molecule has 1 aliphatic heterocycles. The van der Waals surface area contributed by atoms with Crippen LogP contribution in [0, 0.1) is 0 Å². The molecule has 0 aliphatic carbocycles. The molecular formula is C10H12O3S. The highest BCUT2D eigenvalue weighted by Crippen LogP contribution is 2.30. The van der Waals surface area contributed by atoms with Crippen molar-refractivity contribution in [2.45, 2.75) is 23.2 Å². The third-order valence-electron chi connectivity index (χ3n) is 2.17. The molecule has 0 atom stereocenters. The van der Waals surface area contributed by atoms with Gasteiger partial charge in [0.05, 0.1) is 0 Å². The molecule has 76 valence electrons. The number of thioether (sulfide) groups is 1. The summed E-state index contributed by atoms with van der Waals surface area (Å²) < 4.78 is 10.6. The summed E-state index contributed by atoms with van der Waals surface area (Å²) in [5.41, 5.74) is 0. The molecule has 2 heterocycles. The van der Waals surface area contributed by atoms with Gasteiger partial charge in [0.15, 0.2) is 17.1 Å². The number of hydrogen-bond acceptors (Lipinski definition) is 4. The second-order valence-electron chi connectivity index (χ2n) is 3.20. The minimum atomic E-state index is 0.402. The molecule has 4 heteroatoms. The second-order valence-corrected chi connectivity index (χ2v) is 4.51. The normalized spacial score (nSPS) is 18.3. The van der Waals surface area contributed by atoms with E-state index in [4.69, 9.17) is 9.15 Å². The van der Waals surface area contributed by atoms with Gasteiger partial charge < -0.3 is 9.15 Å². The topological polar surface area (TPSA) is 39.4 Å². The molecule has 0 radical (unpaired) electrons. The Morgan fingerprint density at radius 3 is 2.79 bits per heavy atom. The molecule has 0 N–H and O–H groups in total. The monoisotopic (exact) mass is 212 g/mol. The highest BCUT2D eigenvalue weighted by molar-refractivity contribution is 7.99. The Kier molecular flexibility index (Phi) is 3.26. The molecule has 0 aromatic carbocycles. The lowest BCUT2D eigenvalue weighted by atomic mass is 10.2. The Balaban J connectivity index is 1.92. The molecule has 1 fully saturated rings. The van der Waals surface area contributed by atoms with Crippen molar-refractivity contribution in [1.82, 2.24) is 0 Å². The fraction of sp³-hybridized carbons (Fsp3) is 0.500. The fourth-order valence-corrected chi connectivity index (χ4v) is 2.47. The maximum Gasteiger partial charge on any atom is 0.185 e. The zero-order valence-electron chi connectivity index (χ0n) is 7.77. The van der Waals surface area contributed by atoms with E-state index < -0.39 is 0 Å². The fourth-order valence-electron chi connectivity index (χ4n) is 1.42. The number of carbonyl (C=O) groups excluding carboxylic acids is 1. The first kappa shape index (κ1) is 9.80. The van der Waals surface area contributed by atoms with Crippen LogP contribution in [0.5, 0.6) is 0 Å². The zero-order chi connectivity index (χ0) is 9.80. The quantitative estimate of drug-likeness (QED) is 0.721. The molecule has 1 saturated heterocycles. The summed E-state index contributed by atoms with van der Waals surface area (Å²) in [6.07, 6.45) is 2.84. The van der Waals surface area contributed by atoms with Crippen molar-refractivity contribution >= 4 is 18.0 Å². The minimum Gasteiger partial charge on any atom is -0.447 e. The summed E-state index contributed by atoms with van der Waals surface area (Å²) in [6.45, 7) is 1.66. The van der Waals surface area contributed by atoms with E-state index in [2.05, 4.69) is 0 Å². The van der Waals surface area contributed by atoms with Crippen molar-refractivity contribution in [3.05, 3.63) is 17.9 Å². The van der Waals surface area contributed by atoms with Crippen LogP contribution in [0.1, 0.15) is 23.4 Å². The van der Waals surface area contributed by atoms with Gasteiger partial charge >= 0.3 is 0 Å². The largest absolute Gasteiger partial charge is 0.447 e. The first-order valence-corrected chi connectivity index (χ1v) is 5.56. The van der Waals surface area contributed by atoms with Crippen molar-refractivity contribution in [2.24, 2.45) is 0 Å². The minimum absolute atomic E-state index is 0.402. The van der Waals surface area contributed by atoms with Crippen LogP contribution in [0.4, 0.5) is 0 Å². The molecular weight excluding hydrogens is 200 g/mol. The number of rotatable bonds is 3. The Morgan fingerprint density at radius 2 is 2.14 bits per heavy atom. The van der Waals surface area contributed by atoms with Crippen molar-refractivity contribution in [1.29, 1.82) is 0 Å². The van der Waals surface area contributed by atoms with Crippen molar-refractivity contribution in [3.63, 3.8) is 0 Å². The average Bonchev–Trinajstić information content (AvgIpc) is 2.67. The number of aldehydes is 1. The van der Waals surface area contributed by atoms with Gasteiger partial charge in [-0.15, -0.1) is 0 Å². The molecule has 0 amide bonds. The van der Waals surface area contributed by atoms with Gasteiger partial charge in [-0.25, -0.2) is 0 Å². The summed E-state index contributed by atoms with van der Waals surface area (Å²) in [5, 5.41) is 1.40. The van der Waals surface area contributed by atoms with Crippen LogP contribution in [0.3, 0.4) is 0 Å². The van der Waals surface area contributed by atoms with Crippen LogP contribution < -0.4 is 0 Å². The van der Waals surface area contributed by atoms with Gasteiger partial charge in [0.2, 0.25) is 0 Å². The van der Waals surface area contributed by atoms with Crippen LogP contribution in [0.25, 0.3) is 0 Å². The molecule has 3 nitrogen and oxygen atoms in total. The van der Waals surface area contributed by atoms with Crippen LogP contribution in [-0.4, -0.2) is 24.7 Å². The zero-order valence-corrected chi connectivity index (χ0v) is 8.59. The third-order valence-corrected chi connectivity index (χ3v) is 3.43. The third kappa shape index (κ3) is 2.39. The van der Waals surface area contributed by atoms with E-state index in [-0.39, 0.29) is 0 Å². The van der Waals surface area contributed by atoms with Crippen LogP contribution in [0.2, 0.25) is 0 Å². The van der Waals surface area contributed by atoms with Gasteiger partial charge in [0.1, 0.15) is 0 Å². The van der Waals surface area contributed by atoms with E-state index in [1.165, 1.54) is 0 Å². The number of carbonyl (C=O) groups is 1. The van der Waals surface area contributed by atoms with E-state index in [0.717, 1.165) is 37.4 Å². The van der Waals surface area contributed by atoms with Gasteiger partial charge in [-0.3, -0.25) is 4.79 Å². The summed E-state index contributed by atoms with van der Waals surface area (Å²) in [4.78, 5) is 10.4. The molecule has 1 aliphatic rings.